The number of imide groups is 2. The van der Waals surface area contributed by atoms with Crippen molar-refractivity contribution >= 4 is 59.2 Å². The molecular formula is C38H30BClN2O7. The highest BCUT2D eigenvalue weighted by Gasteiger charge is 2.70. The zero-order chi connectivity index (χ0) is 34.2. The van der Waals surface area contributed by atoms with Crippen LogP contribution < -0.4 is 15.3 Å². The first kappa shape index (κ1) is 31.3. The maximum absolute atomic E-state index is 15.2. The van der Waals surface area contributed by atoms with Crippen LogP contribution in [0.2, 0.25) is 5.02 Å². The third-order valence-electron chi connectivity index (χ3n) is 10.8. The van der Waals surface area contributed by atoms with Crippen molar-refractivity contribution in [1.82, 2.24) is 0 Å². The van der Waals surface area contributed by atoms with Gasteiger partial charge >= 0.3 is 7.12 Å². The number of allylic oxidation sites excluding steroid dienone is 2. The molecule has 6 unspecified atom stereocenters. The van der Waals surface area contributed by atoms with Gasteiger partial charge in [-0.15, -0.1) is 0 Å². The van der Waals surface area contributed by atoms with Gasteiger partial charge in [0, 0.05) is 10.9 Å². The smallest absolute Gasteiger partial charge is 0.488 e. The molecule has 3 N–H and O–H groups in total. The minimum absolute atomic E-state index is 0.0379. The van der Waals surface area contributed by atoms with E-state index in [0.29, 0.717) is 21.8 Å². The van der Waals surface area contributed by atoms with Crippen molar-refractivity contribution in [3.63, 3.8) is 0 Å². The first-order valence-corrected chi connectivity index (χ1v) is 16.5. The first-order chi connectivity index (χ1) is 23.6. The largest absolute Gasteiger partial charge is 0.508 e. The molecule has 4 aromatic rings. The summed E-state index contributed by atoms with van der Waals surface area (Å²) in [6.07, 6.45) is 2.34. The normalized spacial score (nSPS) is 27.5. The Morgan fingerprint density at radius 1 is 0.735 bits per heavy atom. The van der Waals surface area contributed by atoms with Gasteiger partial charge in [0.05, 0.1) is 34.5 Å². The molecule has 4 aromatic carbocycles. The number of aromatic hydroxyl groups is 1. The Bertz CT molecular complexity index is 2070. The van der Waals surface area contributed by atoms with E-state index < -0.39 is 65.8 Å². The molecule has 6 atom stereocenters. The molecule has 0 aromatic heterocycles. The Hall–Kier alpha value is -5.03. The van der Waals surface area contributed by atoms with Crippen LogP contribution in [0, 0.1) is 23.7 Å². The summed E-state index contributed by atoms with van der Waals surface area (Å²) in [6, 6.07) is 28.4. The van der Waals surface area contributed by atoms with Gasteiger partial charge in [-0.3, -0.25) is 24.1 Å². The number of nitrogens with zero attached hydrogens (tertiary/aromatic N) is 2. The molecule has 0 radical (unpaired) electrons. The molecular weight excluding hydrogens is 643 g/mol. The molecule has 2 heterocycles. The fraction of sp³-hybridized carbons (Fsp3) is 0.211. The lowest BCUT2D eigenvalue weighted by atomic mass is 9.49. The number of halogens is 1. The van der Waals surface area contributed by atoms with Crippen LogP contribution in [0.3, 0.4) is 0 Å². The summed E-state index contributed by atoms with van der Waals surface area (Å²) in [5.41, 5.74) is 1.44. The van der Waals surface area contributed by atoms with E-state index in [1.54, 1.807) is 60.7 Å². The number of carbonyl (C=O) groups excluding carboxylic acids is 4. The second kappa shape index (κ2) is 11.5. The molecule has 2 saturated heterocycles. The molecule has 0 spiro atoms. The van der Waals surface area contributed by atoms with Crippen LogP contribution >= 0.6 is 11.6 Å². The van der Waals surface area contributed by atoms with Gasteiger partial charge in [0.15, 0.2) is 0 Å². The highest BCUT2D eigenvalue weighted by Crippen LogP contribution is 2.64. The Balaban J connectivity index is 1.32. The predicted octanol–water partition coefficient (Wildman–Crippen LogP) is 4.09. The van der Waals surface area contributed by atoms with Gasteiger partial charge < -0.3 is 15.2 Å². The van der Waals surface area contributed by atoms with Crippen LogP contribution in [0.1, 0.15) is 29.9 Å². The highest BCUT2D eigenvalue weighted by molar-refractivity contribution is 6.58. The summed E-state index contributed by atoms with van der Waals surface area (Å²) in [5.74, 6) is -5.34. The summed E-state index contributed by atoms with van der Waals surface area (Å²) in [5, 5.41) is 30.2. The first-order valence-electron chi connectivity index (χ1n) is 16.1. The zero-order valence-electron chi connectivity index (χ0n) is 26.0. The number of anilines is 2. The second-order valence-corrected chi connectivity index (χ2v) is 13.6. The third kappa shape index (κ3) is 4.55. The summed E-state index contributed by atoms with van der Waals surface area (Å²) >= 11 is 6.36. The van der Waals surface area contributed by atoms with Crippen molar-refractivity contribution in [2.24, 2.45) is 23.7 Å². The number of phenols is 1. The third-order valence-corrected chi connectivity index (χ3v) is 11.1. The van der Waals surface area contributed by atoms with Gasteiger partial charge in [-0.1, -0.05) is 83.9 Å². The van der Waals surface area contributed by atoms with E-state index in [1.165, 1.54) is 17.0 Å². The Kier molecular flexibility index (Phi) is 7.37. The van der Waals surface area contributed by atoms with Gasteiger partial charge in [0.1, 0.15) is 5.75 Å². The van der Waals surface area contributed by atoms with Crippen LogP contribution in [0.15, 0.2) is 115 Å². The lowest BCUT2D eigenvalue weighted by molar-refractivity contribution is -0.127. The van der Waals surface area contributed by atoms with Crippen molar-refractivity contribution in [2.45, 2.75) is 24.2 Å². The Morgan fingerprint density at radius 3 is 2.12 bits per heavy atom. The number of fused-ring (bicyclic) bond motifs is 4. The van der Waals surface area contributed by atoms with Crippen molar-refractivity contribution in [2.75, 3.05) is 9.80 Å². The predicted molar refractivity (Wildman–Crippen MR) is 183 cm³/mol. The van der Waals surface area contributed by atoms with Crippen molar-refractivity contribution in [3.05, 3.63) is 131 Å². The van der Waals surface area contributed by atoms with Crippen LogP contribution in [0.25, 0.3) is 0 Å². The monoisotopic (exact) mass is 672 g/mol. The molecule has 49 heavy (non-hydrogen) atoms. The average molecular weight is 673 g/mol. The van der Waals surface area contributed by atoms with Crippen LogP contribution in [0.5, 0.6) is 5.75 Å². The maximum Gasteiger partial charge on any atom is 0.488 e. The van der Waals surface area contributed by atoms with Crippen molar-refractivity contribution in [1.29, 1.82) is 0 Å². The molecule has 8 rings (SSSR count). The highest BCUT2D eigenvalue weighted by atomic mass is 35.5. The van der Waals surface area contributed by atoms with E-state index in [9.17, 15) is 29.5 Å². The van der Waals surface area contributed by atoms with Crippen LogP contribution in [-0.2, 0) is 24.6 Å². The summed E-state index contributed by atoms with van der Waals surface area (Å²) in [6.45, 7) is 0. The molecule has 4 amide bonds. The number of hydrogen-bond donors (Lipinski definition) is 3. The van der Waals surface area contributed by atoms with Crippen LogP contribution in [0.4, 0.5) is 11.4 Å². The molecule has 2 aliphatic carbocycles. The Morgan fingerprint density at radius 2 is 1.43 bits per heavy atom. The minimum atomic E-state index is -1.79. The molecule has 4 aliphatic rings. The summed E-state index contributed by atoms with van der Waals surface area (Å²) < 4.78 is 0. The van der Waals surface area contributed by atoms with Gasteiger partial charge in [-0.05, 0) is 77.8 Å². The SMILES string of the molecule is O=C1C2CC=C3C(CC4C(=O)N(c5cccc(Cl)c5)C(=O)C4(c4ccccc4)C3c3ccc(O)cc3)C2C(=O)N1c1cccc(B(O)O)c1. The number of rotatable bonds is 5. The van der Waals surface area contributed by atoms with Gasteiger partial charge in [-0.25, -0.2) is 4.90 Å². The topological polar surface area (TPSA) is 135 Å². The maximum atomic E-state index is 15.2. The van der Waals surface area contributed by atoms with Crippen molar-refractivity contribution in [3.8, 4) is 5.75 Å². The van der Waals surface area contributed by atoms with E-state index in [-0.39, 0.29) is 29.7 Å². The molecule has 9 nitrogen and oxygen atoms in total. The summed E-state index contributed by atoms with van der Waals surface area (Å²) in [7, 11) is -1.79. The van der Waals surface area contributed by atoms with E-state index in [1.807, 2.05) is 36.4 Å². The number of benzene rings is 4. The van der Waals surface area contributed by atoms with E-state index >= 15 is 4.79 Å². The average Bonchev–Trinajstić information content (AvgIpc) is 3.49. The number of hydrogen-bond acceptors (Lipinski definition) is 7. The number of amides is 4. The zero-order valence-corrected chi connectivity index (χ0v) is 26.8. The van der Waals surface area contributed by atoms with Gasteiger partial charge in [-0.2, -0.15) is 0 Å². The van der Waals surface area contributed by atoms with Crippen molar-refractivity contribution < 1.29 is 34.3 Å². The molecule has 1 saturated carbocycles. The fourth-order valence-electron chi connectivity index (χ4n) is 8.86. The van der Waals surface area contributed by atoms with Crippen LogP contribution in [-0.4, -0.2) is 45.9 Å². The standard InChI is InChI=1S/C38H30BClN2O7/c40-24-9-5-11-26(19-24)42-35(45)31-20-30-28(16-17-29-32(30)36(46)41(34(29)44)25-10-4-8-23(18-25)39(48)49)33(21-12-14-27(43)15-13-21)38(31,37(42)47)22-6-2-1-3-7-22/h1-16,18-19,29-33,43,48-49H,17,20H2. The second-order valence-electron chi connectivity index (χ2n) is 13.2. The van der Waals surface area contributed by atoms with Gasteiger partial charge in [0.2, 0.25) is 23.6 Å². The van der Waals surface area contributed by atoms with E-state index in [0.717, 1.165) is 10.5 Å². The van der Waals surface area contributed by atoms with E-state index in [2.05, 4.69) is 0 Å². The Labute approximate surface area is 287 Å². The number of phenolic OH excluding ortho intramolecular Hbond substituents is 1. The minimum Gasteiger partial charge on any atom is -0.508 e. The molecule has 11 heteroatoms. The lowest BCUT2D eigenvalue weighted by Gasteiger charge is -2.50. The number of carbonyl (C=O) groups is 4. The van der Waals surface area contributed by atoms with E-state index in [4.69, 9.17) is 11.6 Å². The lowest BCUT2D eigenvalue weighted by Crippen LogP contribution is -2.53. The fourth-order valence-corrected chi connectivity index (χ4v) is 9.05. The summed E-state index contributed by atoms with van der Waals surface area (Å²) in [4.78, 5) is 60.7. The molecule has 3 fully saturated rings. The molecule has 2 aliphatic heterocycles. The molecule has 244 valence electrons. The quantitative estimate of drug-likeness (QED) is 0.165. The molecule has 0 bridgehead atoms. The van der Waals surface area contributed by atoms with Gasteiger partial charge in [0.25, 0.3) is 0 Å².